The molecular formula is C22H26BrN3O2. The van der Waals surface area contributed by atoms with Crippen molar-refractivity contribution in [3.8, 4) is 5.75 Å². The van der Waals surface area contributed by atoms with E-state index in [1.807, 2.05) is 24.3 Å². The summed E-state index contributed by atoms with van der Waals surface area (Å²) >= 11 is 3.50. The van der Waals surface area contributed by atoms with Gasteiger partial charge in [-0.2, -0.15) is 0 Å². The molecule has 5 nitrogen and oxygen atoms in total. The molecule has 0 saturated carbocycles. The van der Waals surface area contributed by atoms with Crippen LogP contribution in [0.4, 0.5) is 4.79 Å². The minimum Gasteiger partial charge on any atom is -0.493 e. The predicted octanol–water partition coefficient (Wildman–Crippen LogP) is 4.37. The predicted molar refractivity (Wildman–Crippen MR) is 113 cm³/mol. The quantitative estimate of drug-likeness (QED) is 0.721. The molecule has 0 aliphatic carbocycles. The van der Waals surface area contributed by atoms with Crippen LogP contribution in [-0.2, 0) is 13.1 Å². The summed E-state index contributed by atoms with van der Waals surface area (Å²) in [6.45, 7) is 4.44. The zero-order valence-corrected chi connectivity index (χ0v) is 17.5. The van der Waals surface area contributed by atoms with E-state index in [1.54, 1.807) is 0 Å². The number of carbonyl (C=O) groups excluding carboxylic acids is 1. The number of hydrogen-bond donors (Lipinski definition) is 2. The maximum absolute atomic E-state index is 12.5. The van der Waals surface area contributed by atoms with Crippen LogP contribution in [0.15, 0.2) is 46.9 Å². The molecule has 0 aromatic heterocycles. The Morgan fingerprint density at radius 1 is 1.14 bits per heavy atom. The van der Waals surface area contributed by atoms with Crippen molar-refractivity contribution >= 4 is 22.0 Å². The van der Waals surface area contributed by atoms with Crippen LogP contribution in [0.25, 0.3) is 0 Å². The number of fused-ring (bicyclic) bond motifs is 1. The Bertz CT molecular complexity index is 836. The van der Waals surface area contributed by atoms with Gasteiger partial charge in [0.2, 0.25) is 0 Å². The van der Waals surface area contributed by atoms with Crippen molar-refractivity contribution in [2.75, 3.05) is 19.7 Å². The third kappa shape index (κ3) is 4.67. The number of amides is 2. The highest BCUT2D eigenvalue weighted by Crippen LogP contribution is 2.34. The molecule has 1 fully saturated rings. The molecule has 2 aliphatic heterocycles. The van der Waals surface area contributed by atoms with Gasteiger partial charge in [-0.3, -0.25) is 4.90 Å². The van der Waals surface area contributed by atoms with Crippen molar-refractivity contribution in [3.05, 3.63) is 63.6 Å². The number of ether oxygens (including phenoxy) is 1. The number of nitrogens with one attached hydrogen (secondary N) is 2. The van der Waals surface area contributed by atoms with E-state index in [1.165, 1.54) is 37.1 Å². The minimum absolute atomic E-state index is 0.0407. The lowest BCUT2D eigenvalue weighted by molar-refractivity contribution is 0.223. The molecular weight excluding hydrogens is 418 g/mol. The number of halogens is 1. The zero-order valence-electron chi connectivity index (χ0n) is 15.9. The van der Waals surface area contributed by atoms with E-state index in [4.69, 9.17) is 4.74 Å². The van der Waals surface area contributed by atoms with Crippen LogP contribution in [0.2, 0.25) is 0 Å². The summed E-state index contributed by atoms with van der Waals surface area (Å²) in [5.41, 5.74) is 3.50. The third-order valence-corrected chi connectivity index (χ3v) is 5.96. The Morgan fingerprint density at radius 2 is 1.93 bits per heavy atom. The standard InChI is InChI=1S/C22H26BrN3O2/c23-18-7-8-21-19(13-18)20(9-12-28-21)25-22(27)24-14-16-5-1-2-6-17(16)15-26-10-3-4-11-26/h1-2,5-8,13,20H,3-4,9-12,14-15H2,(H2,24,25,27). The molecule has 2 heterocycles. The van der Waals surface area contributed by atoms with Crippen LogP contribution in [0, 0.1) is 0 Å². The molecule has 2 N–H and O–H groups in total. The smallest absolute Gasteiger partial charge is 0.315 e. The van der Waals surface area contributed by atoms with Gasteiger partial charge in [0.25, 0.3) is 0 Å². The minimum atomic E-state index is -0.145. The number of hydrogen-bond acceptors (Lipinski definition) is 3. The Balaban J connectivity index is 1.36. The lowest BCUT2D eigenvalue weighted by Gasteiger charge is -2.27. The van der Waals surface area contributed by atoms with Gasteiger partial charge in [-0.05, 0) is 55.3 Å². The van der Waals surface area contributed by atoms with Gasteiger partial charge in [-0.15, -0.1) is 0 Å². The molecule has 2 aliphatic rings. The summed E-state index contributed by atoms with van der Waals surface area (Å²) in [7, 11) is 0. The van der Waals surface area contributed by atoms with Gasteiger partial charge in [0.1, 0.15) is 5.75 Å². The van der Waals surface area contributed by atoms with Crippen LogP contribution in [0.5, 0.6) is 5.75 Å². The molecule has 1 saturated heterocycles. The maximum atomic E-state index is 12.5. The van der Waals surface area contributed by atoms with Crippen molar-refractivity contribution in [2.24, 2.45) is 0 Å². The summed E-state index contributed by atoms with van der Waals surface area (Å²) in [6.07, 6.45) is 3.33. The zero-order chi connectivity index (χ0) is 19.3. The highest BCUT2D eigenvalue weighted by atomic mass is 79.9. The fourth-order valence-electron chi connectivity index (χ4n) is 3.97. The molecule has 2 aromatic rings. The number of nitrogens with zero attached hydrogens (tertiary/aromatic N) is 1. The van der Waals surface area contributed by atoms with Crippen molar-refractivity contribution in [2.45, 2.75) is 38.4 Å². The highest BCUT2D eigenvalue weighted by molar-refractivity contribution is 9.10. The lowest BCUT2D eigenvalue weighted by atomic mass is 10.0. The molecule has 0 spiro atoms. The van der Waals surface area contributed by atoms with Crippen LogP contribution in [0.3, 0.4) is 0 Å². The molecule has 0 radical (unpaired) electrons. The number of urea groups is 1. The Labute approximate surface area is 174 Å². The first-order chi connectivity index (χ1) is 13.7. The van der Waals surface area contributed by atoms with Gasteiger partial charge >= 0.3 is 6.03 Å². The monoisotopic (exact) mass is 443 g/mol. The van der Waals surface area contributed by atoms with Crippen LogP contribution in [0.1, 0.15) is 42.0 Å². The number of rotatable bonds is 5. The maximum Gasteiger partial charge on any atom is 0.315 e. The molecule has 2 amide bonds. The first kappa shape index (κ1) is 19.3. The Kier molecular flexibility index (Phi) is 6.17. The fraction of sp³-hybridized carbons (Fsp3) is 0.409. The molecule has 28 heavy (non-hydrogen) atoms. The number of likely N-dealkylation sites (tertiary alicyclic amines) is 1. The molecule has 6 heteroatoms. The van der Waals surface area contributed by atoms with Crippen LogP contribution >= 0.6 is 15.9 Å². The van der Waals surface area contributed by atoms with Gasteiger partial charge in [-0.1, -0.05) is 40.2 Å². The van der Waals surface area contributed by atoms with E-state index in [0.29, 0.717) is 13.2 Å². The second-order valence-electron chi connectivity index (χ2n) is 7.45. The average Bonchev–Trinajstić information content (AvgIpc) is 3.21. The summed E-state index contributed by atoms with van der Waals surface area (Å²) < 4.78 is 6.69. The fourth-order valence-corrected chi connectivity index (χ4v) is 4.34. The van der Waals surface area contributed by atoms with E-state index in [2.05, 4.69) is 49.7 Å². The van der Waals surface area contributed by atoms with E-state index < -0.39 is 0 Å². The van der Waals surface area contributed by atoms with Gasteiger partial charge in [0.15, 0.2) is 0 Å². The van der Waals surface area contributed by atoms with Crippen LogP contribution < -0.4 is 15.4 Å². The Morgan fingerprint density at radius 3 is 2.75 bits per heavy atom. The summed E-state index contributed by atoms with van der Waals surface area (Å²) in [5.74, 6) is 0.843. The second-order valence-corrected chi connectivity index (χ2v) is 8.37. The lowest BCUT2D eigenvalue weighted by Crippen LogP contribution is -2.39. The first-order valence-corrected chi connectivity index (χ1v) is 10.7. The van der Waals surface area contributed by atoms with Gasteiger partial charge in [0, 0.05) is 29.5 Å². The van der Waals surface area contributed by atoms with Crippen molar-refractivity contribution in [1.82, 2.24) is 15.5 Å². The topological polar surface area (TPSA) is 53.6 Å². The summed E-state index contributed by atoms with van der Waals surface area (Å²) in [5, 5.41) is 6.14. The van der Waals surface area contributed by atoms with Gasteiger partial charge < -0.3 is 15.4 Å². The molecule has 148 valence electrons. The van der Waals surface area contributed by atoms with Gasteiger partial charge in [-0.25, -0.2) is 4.79 Å². The molecule has 4 rings (SSSR count). The van der Waals surface area contributed by atoms with Crippen LogP contribution in [-0.4, -0.2) is 30.6 Å². The SMILES string of the molecule is O=C(NCc1ccccc1CN1CCCC1)NC1CCOc2ccc(Br)cc21. The van der Waals surface area contributed by atoms with Crippen molar-refractivity contribution in [1.29, 1.82) is 0 Å². The molecule has 1 unspecified atom stereocenters. The average molecular weight is 444 g/mol. The first-order valence-electron chi connectivity index (χ1n) is 9.95. The molecule has 1 atom stereocenters. The third-order valence-electron chi connectivity index (χ3n) is 5.47. The molecule has 2 aromatic carbocycles. The summed E-state index contributed by atoms with van der Waals surface area (Å²) in [6, 6.07) is 14.1. The number of carbonyl (C=O) groups is 1. The van der Waals surface area contributed by atoms with E-state index in [0.717, 1.165) is 28.8 Å². The Hall–Kier alpha value is -2.05. The van der Waals surface area contributed by atoms with E-state index in [9.17, 15) is 4.79 Å². The largest absolute Gasteiger partial charge is 0.493 e. The van der Waals surface area contributed by atoms with E-state index >= 15 is 0 Å². The summed E-state index contributed by atoms with van der Waals surface area (Å²) in [4.78, 5) is 15.0. The highest BCUT2D eigenvalue weighted by Gasteiger charge is 2.23. The van der Waals surface area contributed by atoms with Crippen molar-refractivity contribution in [3.63, 3.8) is 0 Å². The van der Waals surface area contributed by atoms with Crippen molar-refractivity contribution < 1.29 is 9.53 Å². The molecule has 0 bridgehead atoms. The van der Waals surface area contributed by atoms with Gasteiger partial charge in [0.05, 0.1) is 12.6 Å². The normalized spacial score (nSPS) is 19.0. The number of benzene rings is 2. The second kappa shape index (κ2) is 8.97. The van der Waals surface area contributed by atoms with E-state index in [-0.39, 0.29) is 12.1 Å².